The monoisotopic (exact) mass is 450 g/mol. The van der Waals surface area contributed by atoms with Crippen molar-refractivity contribution < 1.29 is 18.0 Å². The lowest BCUT2D eigenvalue weighted by Crippen LogP contribution is -2.15. The molecule has 33 heavy (non-hydrogen) atoms. The molecule has 4 aromatic heterocycles. The summed E-state index contributed by atoms with van der Waals surface area (Å²) in [4.78, 5) is 28.7. The first kappa shape index (κ1) is 21.9. The first-order valence-corrected chi connectivity index (χ1v) is 9.71. The summed E-state index contributed by atoms with van der Waals surface area (Å²) in [7, 11) is 0. The summed E-state index contributed by atoms with van der Waals surface area (Å²) < 4.78 is 38.7. The summed E-state index contributed by atoms with van der Waals surface area (Å²) in [6.45, 7) is 1.79. The maximum absolute atomic E-state index is 12.9. The SMILES string of the molecule is Cc1ncc(NC(=O)c2ccnc(C(F)(F)F)c2)cc1-c1cccc(-c2ccnc(N)c2)n1. The van der Waals surface area contributed by atoms with Gasteiger partial charge in [-0.05, 0) is 49.4 Å². The molecule has 0 bridgehead atoms. The van der Waals surface area contributed by atoms with Crippen LogP contribution in [0.5, 0.6) is 0 Å². The Morgan fingerprint density at radius 3 is 2.48 bits per heavy atom. The number of aryl methyl sites for hydroxylation is 1. The van der Waals surface area contributed by atoms with Crippen molar-refractivity contribution in [1.29, 1.82) is 0 Å². The van der Waals surface area contributed by atoms with Crippen LogP contribution in [-0.4, -0.2) is 25.8 Å². The highest BCUT2D eigenvalue weighted by Gasteiger charge is 2.33. The molecule has 0 aliphatic rings. The number of anilines is 2. The molecule has 4 rings (SSSR count). The van der Waals surface area contributed by atoms with Crippen molar-refractivity contribution in [2.75, 3.05) is 11.1 Å². The molecule has 0 radical (unpaired) electrons. The van der Waals surface area contributed by atoms with Gasteiger partial charge in [0, 0.05) is 34.8 Å². The van der Waals surface area contributed by atoms with Crippen molar-refractivity contribution in [3.05, 3.63) is 84.1 Å². The zero-order valence-corrected chi connectivity index (χ0v) is 17.3. The van der Waals surface area contributed by atoms with Gasteiger partial charge in [0.15, 0.2) is 0 Å². The average molecular weight is 450 g/mol. The Morgan fingerprint density at radius 1 is 0.970 bits per heavy atom. The third-order valence-corrected chi connectivity index (χ3v) is 4.76. The minimum absolute atomic E-state index is 0.171. The Labute approximate surface area is 186 Å². The van der Waals surface area contributed by atoms with Crippen LogP contribution in [0.1, 0.15) is 21.7 Å². The second-order valence-electron chi connectivity index (χ2n) is 7.12. The predicted octanol–water partition coefficient (Wildman–Crippen LogP) is 4.76. The quantitative estimate of drug-likeness (QED) is 0.464. The van der Waals surface area contributed by atoms with Gasteiger partial charge in [-0.25, -0.2) is 9.97 Å². The van der Waals surface area contributed by atoms with Gasteiger partial charge in [-0.15, -0.1) is 0 Å². The van der Waals surface area contributed by atoms with Crippen LogP contribution in [0.3, 0.4) is 0 Å². The molecule has 0 spiro atoms. The van der Waals surface area contributed by atoms with E-state index in [2.05, 4.69) is 25.3 Å². The lowest BCUT2D eigenvalue weighted by atomic mass is 10.1. The number of nitrogens with two attached hydrogens (primary N) is 1. The van der Waals surface area contributed by atoms with E-state index < -0.39 is 17.8 Å². The lowest BCUT2D eigenvalue weighted by molar-refractivity contribution is -0.141. The number of pyridine rings is 4. The number of aromatic nitrogens is 4. The van der Waals surface area contributed by atoms with Crippen LogP contribution < -0.4 is 11.1 Å². The fraction of sp³-hybridized carbons (Fsp3) is 0.0870. The van der Waals surface area contributed by atoms with Crippen LogP contribution >= 0.6 is 0 Å². The van der Waals surface area contributed by atoms with Crippen molar-refractivity contribution in [1.82, 2.24) is 19.9 Å². The maximum Gasteiger partial charge on any atom is 0.433 e. The third-order valence-electron chi connectivity index (χ3n) is 4.76. The van der Waals surface area contributed by atoms with Crippen LogP contribution in [0.15, 0.2) is 67.1 Å². The molecule has 4 aromatic rings. The van der Waals surface area contributed by atoms with E-state index in [9.17, 15) is 18.0 Å². The highest BCUT2D eigenvalue weighted by Crippen LogP contribution is 2.29. The van der Waals surface area contributed by atoms with Gasteiger partial charge < -0.3 is 11.1 Å². The molecule has 4 heterocycles. The number of carbonyl (C=O) groups is 1. The number of nitrogen functional groups attached to an aromatic ring is 1. The van der Waals surface area contributed by atoms with E-state index in [1.54, 1.807) is 37.4 Å². The zero-order valence-electron chi connectivity index (χ0n) is 17.3. The first-order chi connectivity index (χ1) is 15.7. The molecule has 0 aromatic carbocycles. The zero-order chi connectivity index (χ0) is 23.6. The number of halogens is 3. The number of nitrogens with zero attached hydrogens (tertiary/aromatic N) is 4. The van der Waals surface area contributed by atoms with Crippen molar-refractivity contribution in [2.45, 2.75) is 13.1 Å². The van der Waals surface area contributed by atoms with E-state index in [4.69, 9.17) is 5.73 Å². The Morgan fingerprint density at radius 2 is 1.73 bits per heavy atom. The summed E-state index contributed by atoms with van der Waals surface area (Å²) >= 11 is 0. The standard InChI is InChI=1S/C23H17F3N6O/c1-13-17(19-4-2-3-18(32-19)14-5-8-29-21(27)10-14)11-16(12-30-13)31-22(33)15-6-7-28-20(9-15)23(24,25)26/h2-12H,1H3,(H2,27,29)(H,31,33). The summed E-state index contributed by atoms with van der Waals surface area (Å²) in [5.41, 5.74) is 8.14. The number of hydrogen-bond donors (Lipinski definition) is 2. The maximum atomic E-state index is 12.9. The van der Waals surface area contributed by atoms with E-state index >= 15 is 0 Å². The summed E-state index contributed by atoms with van der Waals surface area (Å²) in [6, 6.07) is 12.5. The largest absolute Gasteiger partial charge is 0.433 e. The predicted molar refractivity (Wildman–Crippen MR) is 117 cm³/mol. The highest BCUT2D eigenvalue weighted by molar-refractivity contribution is 6.04. The molecule has 0 saturated carbocycles. The summed E-state index contributed by atoms with van der Waals surface area (Å²) in [5, 5.41) is 2.58. The second-order valence-corrected chi connectivity index (χ2v) is 7.12. The number of alkyl halides is 3. The topological polar surface area (TPSA) is 107 Å². The Balaban J connectivity index is 1.63. The molecule has 166 valence electrons. The fourth-order valence-corrected chi connectivity index (χ4v) is 3.14. The van der Waals surface area contributed by atoms with Crippen LogP contribution in [0.25, 0.3) is 22.5 Å². The van der Waals surface area contributed by atoms with Crippen molar-refractivity contribution in [3.63, 3.8) is 0 Å². The van der Waals surface area contributed by atoms with E-state index in [0.29, 0.717) is 40.2 Å². The minimum atomic E-state index is -4.65. The Hall–Kier alpha value is -4.34. The minimum Gasteiger partial charge on any atom is -0.384 e. The van der Waals surface area contributed by atoms with Crippen LogP contribution in [0.4, 0.5) is 24.7 Å². The van der Waals surface area contributed by atoms with Gasteiger partial charge in [-0.2, -0.15) is 13.2 Å². The van der Waals surface area contributed by atoms with Crippen LogP contribution in [0.2, 0.25) is 0 Å². The van der Waals surface area contributed by atoms with Gasteiger partial charge in [0.1, 0.15) is 11.5 Å². The van der Waals surface area contributed by atoms with Gasteiger partial charge in [0.2, 0.25) is 0 Å². The molecule has 0 aliphatic heterocycles. The smallest absolute Gasteiger partial charge is 0.384 e. The van der Waals surface area contributed by atoms with Gasteiger partial charge in [-0.3, -0.25) is 14.8 Å². The van der Waals surface area contributed by atoms with Crippen molar-refractivity contribution in [2.24, 2.45) is 0 Å². The van der Waals surface area contributed by atoms with Crippen LogP contribution in [-0.2, 0) is 6.18 Å². The number of hydrogen-bond acceptors (Lipinski definition) is 6. The third kappa shape index (κ3) is 4.95. The van der Waals surface area contributed by atoms with E-state index in [1.165, 1.54) is 12.3 Å². The van der Waals surface area contributed by atoms with Crippen LogP contribution in [0, 0.1) is 6.92 Å². The highest BCUT2D eigenvalue weighted by atomic mass is 19.4. The van der Waals surface area contributed by atoms with Gasteiger partial charge in [0.25, 0.3) is 5.91 Å². The van der Waals surface area contributed by atoms with E-state index in [-0.39, 0.29) is 5.56 Å². The number of nitrogens with one attached hydrogen (secondary N) is 1. The average Bonchev–Trinajstić information content (AvgIpc) is 2.80. The molecule has 0 unspecified atom stereocenters. The lowest BCUT2D eigenvalue weighted by Gasteiger charge is -2.11. The molecule has 0 atom stereocenters. The molecule has 0 saturated heterocycles. The molecule has 10 heteroatoms. The fourth-order valence-electron chi connectivity index (χ4n) is 3.14. The van der Waals surface area contributed by atoms with E-state index in [1.807, 2.05) is 12.1 Å². The molecule has 1 amide bonds. The number of carbonyl (C=O) groups excluding carboxylic acids is 1. The summed E-state index contributed by atoms with van der Waals surface area (Å²) in [6.07, 6.45) is -0.690. The number of rotatable bonds is 4. The summed E-state index contributed by atoms with van der Waals surface area (Å²) in [5.74, 6) is -0.347. The van der Waals surface area contributed by atoms with Gasteiger partial charge in [-0.1, -0.05) is 6.07 Å². The number of amides is 1. The van der Waals surface area contributed by atoms with Crippen molar-refractivity contribution in [3.8, 4) is 22.5 Å². The molecule has 3 N–H and O–H groups in total. The Kier molecular flexibility index (Phi) is 5.74. The van der Waals surface area contributed by atoms with Gasteiger partial charge in [0.05, 0.1) is 23.3 Å². The second kappa shape index (κ2) is 8.65. The first-order valence-electron chi connectivity index (χ1n) is 9.71. The van der Waals surface area contributed by atoms with Gasteiger partial charge >= 0.3 is 6.18 Å². The molecular formula is C23H17F3N6O. The molecule has 7 nitrogen and oxygen atoms in total. The molecular weight excluding hydrogens is 433 g/mol. The van der Waals surface area contributed by atoms with E-state index in [0.717, 1.165) is 11.8 Å². The molecule has 0 fully saturated rings. The molecule has 0 aliphatic carbocycles. The normalized spacial score (nSPS) is 11.3. The Bertz CT molecular complexity index is 1340. The van der Waals surface area contributed by atoms with Crippen molar-refractivity contribution >= 4 is 17.4 Å².